The molecule has 2 fully saturated rings. The number of benzene rings is 1. The third-order valence-electron chi connectivity index (χ3n) is 6.36. The lowest BCUT2D eigenvalue weighted by Gasteiger charge is -2.39. The average Bonchev–Trinajstić information content (AvgIpc) is 3.40. The van der Waals surface area contributed by atoms with Gasteiger partial charge < -0.3 is 36.0 Å². The highest BCUT2D eigenvalue weighted by atomic mass is 19.1. The Morgan fingerprint density at radius 2 is 1.94 bits per heavy atom. The number of likely N-dealkylation sites (tertiary alicyclic amines) is 1. The molecule has 31 heavy (non-hydrogen) atoms. The van der Waals surface area contributed by atoms with Crippen LogP contribution in [0.2, 0.25) is 0 Å². The normalized spacial score (nSPS) is 19.2. The third-order valence-corrected chi connectivity index (χ3v) is 6.36. The summed E-state index contributed by atoms with van der Waals surface area (Å²) in [5.41, 5.74) is 14.9. The smallest absolute Gasteiger partial charge is 0.131 e. The van der Waals surface area contributed by atoms with Gasteiger partial charge in [-0.05, 0) is 31.0 Å². The zero-order valence-electron chi connectivity index (χ0n) is 17.2. The van der Waals surface area contributed by atoms with E-state index in [9.17, 15) is 4.39 Å². The third kappa shape index (κ3) is 3.51. The van der Waals surface area contributed by atoms with E-state index in [4.69, 9.17) is 26.6 Å². The lowest BCUT2D eigenvalue weighted by Crippen LogP contribution is -2.50. The first kappa shape index (κ1) is 19.8. The van der Waals surface area contributed by atoms with Gasteiger partial charge in [0, 0.05) is 32.4 Å². The number of nitrogens with two attached hydrogens (primary N) is 2. The molecule has 164 valence electrons. The van der Waals surface area contributed by atoms with E-state index in [-0.39, 0.29) is 5.82 Å². The van der Waals surface area contributed by atoms with Crippen LogP contribution in [0.4, 0.5) is 15.9 Å². The van der Waals surface area contributed by atoms with Crippen LogP contribution in [0.1, 0.15) is 24.2 Å². The molecule has 2 aromatic heterocycles. The summed E-state index contributed by atoms with van der Waals surface area (Å²) in [6.07, 6.45) is 2.97. The Bertz CT molecular complexity index is 1110. The molecular formula is C21H27FN8O. The van der Waals surface area contributed by atoms with Crippen molar-refractivity contribution in [2.45, 2.75) is 18.4 Å². The number of halogens is 1. The number of hydrogen-bond acceptors (Lipinski definition) is 6. The standard InChI is InChI=1S/C21H27FN8O/c22-13-11-15-17(16(12-13)29-7-9-31-10-8-29)28-20(27-15)21(25)2-5-30(6-3-21)19(24)14-1-4-26-18(14)23/h1,4,11-12,24,26H,2-3,5-10,23,25H2,(H,27,28). The number of aromatic amines is 2. The Hall–Kier alpha value is -3.11. The monoisotopic (exact) mass is 426 g/mol. The molecule has 10 heteroatoms. The summed E-state index contributed by atoms with van der Waals surface area (Å²) < 4.78 is 19.8. The molecule has 0 aliphatic carbocycles. The Kier molecular flexibility index (Phi) is 4.82. The van der Waals surface area contributed by atoms with Gasteiger partial charge in [0.25, 0.3) is 0 Å². The fraction of sp³-hybridized carbons (Fsp3) is 0.429. The molecule has 2 aliphatic heterocycles. The van der Waals surface area contributed by atoms with Gasteiger partial charge in [-0.3, -0.25) is 5.41 Å². The van der Waals surface area contributed by atoms with Gasteiger partial charge in [0.1, 0.15) is 28.8 Å². The Balaban J connectivity index is 1.39. The molecule has 0 radical (unpaired) electrons. The predicted octanol–water partition coefficient (Wildman–Crippen LogP) is 1.72. The number of nitrogens with zero attached hydrogens (tertiary/aromatic N) is 3. The van der Waals surface area contributed by atoms with Gasteiger partial charge in [-0.2, -0.15) is 0 Å². The van der Waals surface area contributed by atoms with E-state index in [0.717, 1.165) is 11.2 Å². The zero-order valence-corrected chi connectivity index (χ0v) is 17.2. The second kappa shape index (κ2) is 7.54. The summed E-state index contributed by atoms with van der Waals surface area (Å²) in [5.74, 6) is 1.24. The van der Waals surface area contributed by atoms with Crippen molar-refractivity contribution >= 4 is 28.4 Å². The van der Waals surface area contributed by atoms with Gasteiger partial charge in [0.15, 0.2) is 0 Å². The van der Waals surface area contributed by atoms with Crippen LogP contribution in [0, 0.1) is 11.2 Å². The van der Waals surface area contributed by atoms with E-state index < -0.39 is 5.54 Å². The highest BCUT2D eigenvalue weighted by molar-refractivity contribution is 6.00. The van der Waals surface area contributed by atoms with Crippen LogP contribution in [0.25, 0.3) is 11.0 Å². The first-order chi connectivity index (χ1) is 14.9. The molecule has 4 heterocycles. The van der Waals surface area contributed by atoms with Crippen molar-refractivity contribution in [2.24, 2.45) is 5.73 Å². The molecule has 3 aromatic rings. The molecule has 0 amide bonds. The van der Waals surface area contributed by atoms with Crippen molar-refractivity contribution < 1.29 is 9.13 Å². The minimum atomic E-state index is -0.668. The summed E-state index contributed by atoms with van der Waals surface area (Å²) in [7, 11) is 0. The second-order valence-electron chi connectivity index (χ2n) is 8.30. The number of H-pyrrole nitrogens is 2. The molecule has 2 aliphatic rings. The summed E-state index contributed by atoms with van der Waals surface area (Å²) >= 11 is 0. The Morgan fingerprint density at radius 3 is 2.61 bits per heavy atom. The second-order valence-corrected chi connectivity index (χ2v) is 8.30. The number of rotatable bonds is 3. The number of imidazole rings is 1. The minimum Gasteiger partial charge on any atom is -0.385 e. The highest BCUT2D eigenvalue weighted by Crippen LogP contribution is 2.34. The van der Waals surface area contributed by atoms with Crippen LogP contribution in [-0.2, 0) is 10.3 Å². The molecule has 0 atom stereocenters. The van der Waals surface area contributed by atoms with Crippen molar-refractivity contribution in [1.29, 1.82) is 5.41 Å². The SMILES string of the molecule is N=C(c1cc[nH]c1N)N1CCC(N)(c2nc3c(N4CCOCC4)cc(F)cc3[nH]2)CC1. The number of amidine groups is 1. The van der Waals surface area contributed by atoms with E-state index in [1.165, 1.54) is 12.1 Å². The quantitative estimate of drug-likeness (QED) is 0.320. The van der Waals surface area contributed by atoms with Crippen molar-refractivity contribution in [1.82, 2.24) is 19.9 Å². The molecule has 1 aromatic carbocycles. The lowest BCUT2D eigenvalue weighted by atomic mass is 9.87. The number of aromatic nitrogens is 3. The maximum absolute atomic E-state index is 14.3. The summed E-state index contributed by atoms with van der Waals surface area (Å²) in [6, 6.07) is 4.81. The van der Waals surface area contributed by atoms with Crippen LogP contribution in [-0.4, -0.2) is 65.1 Å². The van der Waals surface area contributed by atoms with Crippen LogP contribution in [0.15, 0.2) is 24.4 Å². The van der Waals surface area contributed by atoms with Gasteiger partial charge in [-0.25, -0.2) is 9.37 Å². The van der Waals surface area contributed by atoms with Crippen LogP contribution < -0.4 is 16.4 Å². The maximum atomic E-state index is 14.3. The number of fused-ring (bicyclic) bond motifs is 1. The van der Waals surface area contributed by atoms with Crippen molar-refractivity contribution in [3.8, 4) is 0 Å². The molecule has 2 saturated heterocycles. The van der Waals surface area contributed by atoms with E-state index in [2.05, 4.69) is 14.9 Å². The van der Waals surface area contributed by atoms with Crippen molar-refractivity contribution in [3.05, 3.63) is 41.6 Å². The van der Waals surface area contributed by atoms with Gasteiger partial charge in [-0.1, -0.05) is 0 Å². The van der Waals surface area contributed by atoms with E-state index >= 15 is 0 Å². The number of anilines is 2. The fourth-order valence-corrected chi connectivity index (χ4v) is 4.47. The number of piperidine rings is 1. The van der Waals surface area contributed by atoms with E-state index in [1.54, 1.807) is 6.20 Å². The molecule has 0 spiro atoms. The Labute approximate surface area is 179 Å². The van der Waals surface area contributed by atoms with Crippen LogP contribution in [0.5, 0.6) is 0 Å². The van der Waals surface area contributed by atoms with Gasteiger partial charge in [0.2, 0.25) is 0 Å². The van der Waals surface area contributed by atoms with Gasteiger partial charge >= 0.3 is 0 Å². The lowest BCUT2D eigenvalue weighted by molar-refractivity contribution is 0.123. The largest absolute Gasteiger partial charge is 0.385 e. The summed E-state index contributed by atoms with van der Waals surface area (Å²) in [5, 5.41) is 8.47. The molecule has 0 saturated carbocycles. The number of hydrogen-bond donors (Lipinski definition) is 5. The van der Waals surface area contributed by atoms with Crippen molar-refractivity contribution in [2.75, 3.05) is 50.0 Å². The highest BCUT2D eigenvalue weighted by Gasteiger charge is 2.36. The summed E-state index contributed by atoms with van der Waals surface area (Å²) in [4.78, 5) is 15.1. The first-order valence-electron chi connectivity index (χ1n) is 10.5. The van der Waals surface area contributed by atoms with E-state index in [0.29, 0.717) is 80.8 Å². The van der Waals surface area contributed by atoms with E-state index in [1.807, 2.05) is 11.0 Å². The number of nitrogen functional groups attached to an aromatic ring is 1. The zero-order chi connectivity index (χ0) is 21.6. The topological polar surface area (TPSA) is 136 Å². The van der Waals surface area contributed by atoms with Crippen LogP contribution >= 0.6 is 0 Å². The van der Waals surface area contributed by atoms with Gasteiger partial charge in [-0.15, -0.1) is 0 Å². The average molecular weight is 427 g/mol. The number of nitrogens with one attached hydrogen (secondary N) is 3. The fourth-order valence-electron chi connectivity index (χ4n) is 4.47. The Morgan fingerprint density at radius 1 is 1.19 bits per heavy atom. The molecule has 0 unspecified atom stereocenters. The number of morpholine rings is 1. The molecular weight excluding hydrogens is 399 g/mol. The molecule has 0 bridgehead atoms. The first-order valence-corrected chi connectivity index (χ1v) is 10.5. The summed E-state index contributed by atoms with van der Waals surface area (Å²) in [6.45, 7) is 3.86. The van der Waals surface area contributed by atoms with Crippen LogP contribution in [0.3, 0.4) is 0 Å². The predicted molar refractivity (Wildman–Crippen MR) is 118 cm³/mol. The maximum Gasteiger partial charge on any atom is 0.131 e. The van der Waals surface area contributed by atoms with Gasteiger partial charge in [0.05, 0.1) is 35.5 Å². The van der Waals surface area contributed by atoms with Crippen molar-refractivity contribution in [3.63, 3.8) is 0 Å². The molecule has 5 rings (SSSR count). The molecule has 7 N–H and O–H groups in total. The molecule has 9 nitrogen and oxygen atoms in total. The number of ether oxygens (including phenoxy) is 1. The minimum absolute atomic E-state index is 0.303.